The van der Waals surface area contributed by atoms with Gasteiger partial charge in [-0.3, -0.25) is 20.7 Å². The number of nitrogens with one attached hydrogen (secondary N) is 3. The van der Waals surface area contributed by atoms with Gasteiger partial charge < -0.3 is 5.01 Å². The molecule has 1 aromatic rings. The maximum absolute atomic E-state index is 10.8. The van der Waals surface area contributed by atoms with Gasteiger partial charge in [0.15, 0.2) is 0 Å². The Morgan fingerprint density at radius 1 is 1.33 bits per heavy atom. The second-order valence-corrected chi connectivity index (χ2v) is 4.17. The Bertz CT molecular complexity index is 473. The summed E-state index contributed by atoms with van der Waals surface area (Å²) in [5, 5.41) is 19.2. The summed E-state index contributed by atoms with van der Waals surface area (Å²) in [4.78, 5) is 10.4. The van der Waals surface area contributed by atoms with Gasteiger partial charge in [-0.15, -0.1) is 0 Å². The summed E-state index contributed by atoms with van der Waals surface area (Å²) in [7, 11) is 5.52. The maximum atomic E-state index is 10.8. The number of hydrazine groups is 1. The van der Waals surface area contributed by atoms with Crippen LogP contribution in [0.15, 0.2) is 18.2 Å². The number of hydrogen-bond acceptors (Lipinski definition) is 6. The van der Waals surface area contributed by atoms with E-state index in [0.717, 1.165) is 11.3 Å². The van der Waals surface area contributed by atoms with Crippen molar-refractivity contribution in [2.75, 3.05) is 32.7 Å². The highest BCUT2D eigenvalue weighted by atomic mass is 16.6. The highest BCUT2D eigenvalue weighted by molar-refractivity contribution is 5.65. The van der Waals surface area contributed by atoms with Gasteiger partial charge in [0.1, 0.15) is 5.66 Å². The highest BCUT2D eigenvalue weighted by Gasteiger charge is 2.41. The monoisotopic (exact) mass is 251 g/mol. The van der Waals surface area contributed by atoms with Crippen molar-refractivity contribution in [3.05, 3.63) is 33.9 Å². The van der Waals surface area contributed by atoms with Gasteiger partial charge >= 0.3 is 0 Å². The van der Waals surface area contributed by atoms with Crippen LogP contribution >= 0.6 is 0 Å². The molecule has 7 heteroatoms. The van der Waals surface area contributed by atoms with Crippen LogP contribution in [0.25, 0.3) is 0 Å². The molecule has 1 aromatic carbocycles. The molecule has 0 unspecified atom stereocenters. The molecule has 2 rings (SSSR count). The van der Waals surface area contributed by atoms with Crippen LogP contribution in [0.1, 0.15) is 5.56 Å². The molecule has 0 atom stereocenters. The summed E-state index contributed by atoms with van der Waals surface area (Å²) in [6, 6.07) is 4.90. The largest absolute Gasteiger partial charge is 0.304 e. The van der Waals surface area contributed by atoms with E-state index in [2.05, 4.69) is 16.1 Å². The molecule has 0 amide bonds. The Morgan fingerprint density at radius 2 is 2.00 bits per heavy atom. The molecule has 0 saturated carbocycles. The van der Waals surface area contributed by atoms with Gasteiger partial charge in [0.25, 0.3) is 5.69 Å². The second-order valence-electron chi connectivity index (χ2n) is 4.17. The van der Waals surface area contributed by atoms with Crippen molar-refractivity contribution in [2.45, 2.75) is 5.66 Å². The number of nitro benzene ring substituents is 1. The maximum Gasteiger partial charge on any atom is 0.271 e. The molecule has 0 fully saturated rings. The first-order valence-corrected chi connectivity index (χ1v) is 5.69. The van der Waals surface area contributed by atoms with Crippen LogP contribution in [0.2, 0.25) is 0 Å². The molecule has 1 aliphatic heterocycles. The minimum atomic E-state index is -0.395. The van der Waals surface area contributed by atoms with Crippen molar-refractivity contribution in [2.24, 2.45) is 0 Å². The molecule has 0 bridgehead atoms. The van der Waals surface area contributed by atoms with Gasteiger partial charge in [0, 0.05) is 24.7 Å². The zero-order valence-corrected chi connectivity index (χ0v) is 10.7. The van der Waals surface area contributed by atoms with E-state index in [1.54, 1.807) is 19.2 Å². The normalized spacial score (nSPS) is 16.7. The Labute approximate surface area is 105 Å². The lowest BCUT2D eigenvalue weighted by Gasteiger charge is -2.29. The van der Waals surface area contributed by atoms with Crippen LogP contribution < -0.4 is 21.1 Å². The number of nitrogens with zero attached hydrogens (tertiary/aromatic N) is 2. The summed E-state index contributed by atoms with van der Waals surface area (Å²) in [6.45, 7) is 0.646. The number of benzene rings is 1. The molecule has 0 aliphatic carbocycles. The summed E-state index contributed by atoms with van der Waals surface area (Å²) in [5.41, 5.74) is 4.55. The molecule has 0 aromatic heterocycles. The third-order valence-electron chi connectivity index (χ3n) is 3.46. The van der Waals surface area contributed by atoms with E-state index in [1.165, 1.54) is 6.07 Å². The topological polar surface area (TPSA) is 82.5 Å². The Balaban J connectivity index is 2.55. The Morgan fingerprint density at radius 3 is 2.50 bits per heavy atom. The van der Waals surface area contributed by atoms with Crippen LogP contribution in [-0.4, -0.2) is 32.6 Å². The molecule has 1 aliphatic rings. The quantitative estimate of drug-likeness (QED) is 0.401. The molecule has 1 heterocycles. The average Bonchev–Trinajstić information content (AvgIpc) is 2.72. The van der Waals surface area contributed by atoms with Gasteiger partial charge in [0.05, 0.1) is 17.2 Å². The van der Waals surface area contributed by atoms with Crippen molar-refractivity contribution < 1.29 is 4.92 Å². The number of fused-ring (bicyclic) bond motifs is 1. The molecule has 3 N–H and O–H groups in total. The van der Waals surface area contributed by atoms with E-state index in [0.29, 0.717) is 6.54 Å². The third kappa shape index (κ3) is 1.72. The summed E-state index contributed by atoms with van der Waals surface area (Å²) >= 11 is 0. The van der Waals surface area contributed by atoms with Crippen LogP contribution in [0.5, 0.6) is 0 Å². The predicted octanol–water partition coefficient (Wildman–Crippen LogP) is 0.141. The van der Waals surface area contributed by atoms with Crippen molar-refractivity contribution in [3.63, 3.8) is 0 Å². The van der Waals surface area contributed by atoms with Gasteiger partial charge in [-0.1, -0.05) is 0 Å². The van der Waals surface area contributed by atoms with Crippen LogP contribution in [-0.2, 0) is 5.66 Å². The van der Waals surface area contributed by atoms with Crippen LogP contribution in [0, 0.1) is 10.1 Å². The molecule has 0 radical (unpaired) electrons. The first kappa shape index (κ1) is 12.7. The first-order valence-electron chi connectivity index (χ1n) is 5.69. The summed E-state index contributed by atoms with van der Waals surface area (Å²) in [6.07, 6.45) is 0. The first-order chi connectivity index (χ1) is 8.57. The standard InChI is InChI=1S/C11H17N5O2/c1-12-11(13-2)7-15(14-3)10-6-8(16(17)18)4-5-9(10)11/h4-6,12-14H,7H2,1-3H3. The Hall–Kier alpha value is -1.70. The van der Waals surface area contributed by atoms with Crippen LogP contribution in [0.3, 0.4) is 0 Å². The van der Waals surface area contributed by atoms with E-state index in [4.69, 9.17) is 0 Å². The van der Waals surface area contributed by atoms with Gasteiger partial charge in [-0.25, -0.2) is 5.43 Å². The zero-order chi connectivity index (χ0) is 13.3. The summed E-state index contributed by atoms with van der Waals surface area (Å²) in [5.74, 6) is 0. The van der Waals surface area contributed by atoms with E-state index >= 15 is 0 Å². The van der Waals surface area contributed by atoms with E-state index in [9.17, 15) is 10.1 Å². The van der Waals surface area contributed by atoms with Gasteiger partial charge in [-0.05, 0) is 20.2 Å². The fraction of sp³-hybridized carbons (Fsp3) is 0.455. The van der Waals surface area contributed by atoms with Gasteiger partial charge in [-0.2, -0.15) is 0 Å². The fourth-order valence-corrected chi connectivity index (χ4v) is 2.38. The number of non-ortho nitro benzene ring substituents is 1. The molecule has 0 saturated heterocycles. The number of nitro groups is 1. The van der Waals surface area contributed by atoms with E-state index in [-0.39, 0.29) is 10.6 Å². The number of likely N-dealkylation sites (N-methyl/N-ethyl adjacent to an activating group) is 2. The van der Waals surface area contributed by atoms with E-state index < -0.39 is 5.66 Å². The lowest BCUT2D eigenvalue weighted by molar-refractivity contribution is -0.384. The molecular weight excluding hydrogens is 234 g/mol. The van der Waals surface area contributed by atoms with E-state index in [1.807, 2.05) is 19.1 Å². The average molecular weight is 251 g/mol. The smallest absolute Gasteiger partial charge is 0.271 e. The fourth-order valence-electron chi connectivity index (χ4n) is 2.38. The summed E-state index contributed by atoms with van der Waals surface area (Å²) < 4.78 is 0. The van der Waals surface area contributed by atoms with Crippen LogP contribution in [0.4, 0.5) is 11.4 Å². The molecule has 98 valence electrons. The molecule has 18 heavy (non-hydrogen) atoms. The minimum Gasteiger partial charge on any atom is -0.304 e. The van der Waals surface area contributed by atoms with Crippen molar-refractivity contribution in [1.29, 1.82) is 0 Å². The lowest BCUT2D eigenvalue weighted by Crippen LogP contribution is -2.55. The van der Waals surface area contributed by atoms with Crippen molar-refractivity contribution >= 4 is 11.4 Å². The molecular formula is C11H17N5O2. The van der Waals surface area contributed by atoms with Crippen molar-refractivity contribution in [3.8, 4) is 0 Å². The van der Waals surface area contributed by atoms with Crippen molar-refractivity contribution in [1.82, 2.24) is 16.1 Å². The Kier molecular flexibility index (Phi) is 3.20. The predicted molar refractivity (Wildman–Crippen MR) is 69.3 cm³/mol. The highest BCUT2D eigenvalue weighted by Crippen LogP contribution is 2.38. The third-order valence-corrected chi connectivity index (χ3v) is 3.46. The molecule has 7 nitrogen and oxygen atoms in total. The second kappa shape index (κ2) is 4.52. The number of hydrogen-bond donors (Lipinski definition) is 3. The minimum absolute atomic E-state index is 0.0945. The number of rotatable bonds is 4. The lowest BCUT2D eigenvalue weighted by atomic mass is 10.0. The number of anilines is 1. The SMILES string of the molecule is CNN1CC(NC)(NC)c2ccc([N+](=O)[O-])cc21. The van der Waals surface area contributed by atoms with Gasteiger partial charge in [0.2, 0.25) is 0 Å². The zero-order valence-electron chi connectivity index (χ0n) is 10.7. The molecule has 0 spiro atoms.